The summed E-state index contributed by atoms with van der Waals surface area (Å²) in [7, 11) is -5.31. The van der Waals surface area contributed by atoms with Crippen molar-refractivity contribution in [3.05, 3.63) is 0 Å². The summed E-state index contributed by atoms with van der Waals surface area (Å²) >= 11 is 0. The van der Waals surface area contributed by atoms with E-state index >= 15 is 0 Å². The van der Waals surface area contributed by atoms with Gasteiger partial charge in [0, 0.05) is 0 Å². The van der Waals surface area contributed by atoms with Crippen LogP contribution in [0.2, 0.25) is 0 Å². The molecule has 0 aliphatic heterocycles. The maximum Gasteiger partial charge on any atom is 2.00 e. The SMILES string of the molecule is O=C(CO)[C@@H](O)[C@H](O)[C@H](O)COP(=O)([O-])[O-].[Mg+2]. The van der Waals surface area contributed by atoms with Gasteiger partial charge >= 0.3 is 23.1 Å². The van der Waals surface area contributed by atoms with Crippen molar-refractivity contribution in [2.45, 2.75) is 18.3 Å². The van der Waals surface area contributed by atoms with Gasteiger partial charge in [0.1, 0.15) is 24.9 Å². The van der Waals surface area contributed by atoms with Crippen LogP contribution in [0.25, 0.3) is 0 Å². The predicted octanol–water partition coefficient (Wildman–Crippen LogP) is -4.90. The van der Waals surface area contributed by atoms with Crippen LogP contribution in [-0.4, -0.2) is 80.8 Å². The van der Waals surface area contributed by atoms with Crippen LogP contribution in [-0.2, 0) is 13.9 Å². The number of aliphatic hydroxyl groups is 4. The maximum atomic E-state index is 10.7. The second-order valence-corrected chi connectivity index (χ2v) is 4.02. The van der Waals surface area contributed by atoms with E-state index in [1.165, 1.54) is 0 Å². The molecule has 11 heteroatoms. The van der Waals surface area contributed by atoms with Crippen LogP contribution in [0.1, 0.15) is 0 Å². The number of Topliss-reactive ketones (excluding diaryl/α,β-unsaturated/α-hetero) is 1. The van der Waals surface area contributed by atoms with Gasteiger partial charge < -0.3 is 39.3 Å². The molecule has 17 heavy (non-hydrogen) atoms. The molecule has 0 radical (unpaired) electrons. The minimum atomic E-state index is -5.31. The van der Waals surface area contributed by atoms with Gasteiger partial charge in [0.05, 0.1) is 14.4 Å². The molecule has 4 N–H and O–H groups in total. The quantitative estimate of drug-likeness (QED) is 0.264. The summed E-state index contributed by atoms with van der Waals surface area (Å²) in [5.74, 6) is -1.17. The maximum absolute atomic E-state index is 10.7. The Labute approximate surface area is 112 Å². The van der Waals surface area contributed by atoms with Crippen molar-refractivity contribution in [2.24, 2.45) is 0 Å². The fourth-order valence-electron chi connectivity index (χ4n) is 0.761. The van der Waals surface area contributed by atoms with Gasteiger partial charge in [-0.05, 0) is 0 Å². The Bertz CT molecular complexity index is 279. The molecule has 0 fully saturated rings. The summed E-state index contributed by atoms with van der Waals surface area (Å²) in [6.07, 6.45) is -6.12. The first-order chi connectivity index (χ1) is 7.19. The molecule has 96 valence electrons. The van der Waals surface area contributed by atoms with Gasteiger partial charge in [0.2, 0.25) is 0 Å². The van der Waals surface area contributed by atoms with E-state index in [0.717, 1.165) is 0 Å². The molecule has 9 nitrogen and oxygen atoms in total. The number of ketones is 1. The predicted molar refractivity (Wildman–Crippen MR) is 49.4 cm³/mol. The Morgan fingerprint density at radius 2 is 1.76 bits per heavy atom. The molecule has 3 atom stereocenters. The van der Waals surface area contributed by atoms with Crippen molar-refractivity contribution in [1.82, 2.24) is 0 Å². The van der Waals surface area contributed by atoms with E-state index in [-0.39, 0.29) is 23.1 Å². The second-order valence-electron chi connectivity index (χ2n) is 2.87. The number of carbonyl (C=O) groups is 1. The minimum absolute atomic E-state index is 0. The third-order valence-corrected chi connectivity index (χ3v) is 2.07. The molecule has 0 saturated carbocycles. The molecule has 0 aromatic heterocycles. The summed E-state index contributed by atoms with van der Waals surface area (Å²) < 4.78 is 13.6. The summed E-state index contributed by atoms with van der Waals surface area (Å²) in [6.45, 7) is -2.16. The fraction of sp³-hybridized carbons (Fsp3) is 0.833. The van der Waals surface area contributed by atoms with Gasteiger partial charge in [-0.3, -0.25) is 4.79 Å². The first kappa shape index (κ1) is 19.7. The number of phosphoric acid groups is 1. The van der Waals surface area contributed by atoms with E-state index in [2.05, 4.69) is 4.52 Å². The Balaban J connectivity index is 0. The standard InChI is InChI=1S/C6H13O9P.Mg/c7-1-3(8)5(10)6(11)4(9)2-15-16(12,13)14;/h4-7,9-11H,1-2H2,(H2,12,13,14);/q;+2/p-2/t4-,5-,6-;/m1./s1. The number of aliphatic hydroxyl groups excluding tert-OH is 4. The van der Waals surface area contributed by atoms with E-state index in [1.807, 2.05) is 0 Å². The van der Waals surface area contributed by atoms with Crippen LogP contribution in [0.15, 0.2) is 0 Å². The van der Waals surface area contributed by atoms with Crippen LogP contribution in [0.3, 0.4) is 0 Å². The third-order valence-electron chi connectivity index (χ3n) is 1.61. The van der Waals surface area contributed by atoms with Crippen molar-refractivity contribution in [3.63, 3.8) is 0 Å². The monoisotopic (exact) mass is 282 g/mol. The molecule has 0 saturated heterocycles. The first-order valence-corrected chi connectivity index (χ1v) is 5.49. The summed E-state index contributed by atoms with van der Waals surface area (Å²) in [5.41, 5.74) is 0. The number of rotatable bonds is 7. The number of hydrogen-bond acceptors (Lipinski definition) is 9. The van der Waals surface area contributed by atoms with E-state index in [4.69, 9.17) is 20.4 Å². The van der Waals surface area contributed by atoms with E-state index in [0.29, 0.717) is 0 Å². The van der Waals surface area contributed by atoms with Gasteiger partial charge in [-0.15, -0.1) is 0 Å². The zero-order chi connectivity index (χ0) is 12.9. The van der Waals surface area contributed by atoms with E-state index < -0.39 is 45.1 Å². The van der Waals surface area contributed by atoms with Crippen molar-refractivity contribution in [2.75, 3.05) is 13.2 Å². The zero-order valence-corrected chi connectivity index (χ0v) is 10.9. The molecule has 0 unspecified atom stereocenters. The average molecular weight is 282 g/mol. The van der Waals surface area contributed by atoms with Gasteiger partial charge in [0.25, 0.3) is 0 Å². The van der Waals surface area contributed by atoms with Crippen molar-refractivity contribution in [1.29, 1.82) is 0 Å². The van der Waals surface area contributed by atoms with Crippen LogP contribution in [0.5, 0.6) is 0 Å². The Morgan fingerprint density at radius 3 is 2.12 bits per heavy atom. The smallest absolute Gasteiger partial charge is 0.790 e. The van der Waals surface area contributed by atoms with Crippen LogP contribution >= 0.6 is 7.82 Å². The van der Waals surface area contributed by atoms with Gasteiger partial charge in [-0.25, -0.2) is 0 Å². The number of phosphoric ester groups is 1. The van der Waals surface area contributed by atoms with Gasteiger partial charge in [0.15, 0.2) is 5.78 Å². The second kappa shape index (κ2) is 8.48. The number of carbonyl (C=O) groups excluding carboxylic acids is 1. The largest absolute Gasteiger partial charge is 2.00 e. The first-order valence-electron chi connectivity index (χ1n) is 4.03. The molecule has 0 bridgehead atoms. The molecule has 0 aromatic rings. The van der Waals surface area contributed by atoms with Crippen molar-refractivity contribution in [3.8, 4) is 0 Å². The Morgan fingerprint density at radius 1 is 1.29 bits per heavy atom. The summed E-state index contributed by atoms with van der Waals surface area (Å²) in [5, 5.41) is 35.4. The van der Waals surface area contributed by atoms with Crippen molar-refractivity contribution >= 4 is 36.7 Å². The van der Waals surface area contributed by atoms with E-state index in [1.54, 1.807) is 0 Å². The Hall–Kier alpha value is 0.386. The van der Waals surface area contributed by atoms with Crippen molar-refractivity contribution < 1.29 is 44.1 Å². The normalized spacial score (nSPS) is 16.8. The topological polar surface area (TPSA) is 170 Å². The van der Waals surface area contributed by atoms with E-state index in [9.17, 15) is 19.1 Å². The van der Waals surface area contributed by atoms with Gasteiger partial charge in [-0.1, -0.05) is 0 Å². The minimum Gasteiger partial charge on any atom is -0.790 e. The van der Waals surface area contributed by atoms with Crippen LogP contribution in [0.4, 0.5) is 0 Å². The molecule has 0 amide bonds. The molecule has 0 spiro atoms. The number of hydrogen-bond donors (Lipinski definition) is 4. The van der Waals surface area contributed by atoms with Gasteiger partial charge in [-0.2, -0.15) is 0 Å². The molecule has 0 aliphatic rings. The molecule has 0 heterocycles. The third kappa shape index (κ3) is 8.16. The molecule has 0 rings (SSSR count). The molecule has 0 aromatic carbocycles. The zero-order valence-electron chi connectivity index (χ0n) is 8.63. The molecular weight excluding hydrogens is 271 g/mol. The summed E-state index contributed by atoms with van der Waals surface area (Å²) in [4.78, 5) is 30.7. The molecular formula is C6H11MgO9P. The van der Waals surface area contributed by atoms with Crippen LogP contribution < -0.4 is 9.79 Å². The van der Waals surface area contributed by atoms with Crippen LogP contribution in [0, 0.1) is 0 Å². The fourth-order valence-corrected chi connectivity index (χ4v) is 1.10. The Kier molecular flexibility index (Phi) is 9.84. The molecule has 0 aliphatic carbocycles. The average Bonchev–Trinajstić information content (AvgIpc) is 2.21. The summed E-state index contributed by atoms with van der Waals surface area (Å²) in [6, 6.07) is 0.